The van der Waals surface area contributed by atoms with Gasteiger partial charge >= 0.3 is 12.4 Å². The molecule has 12 heteroatoms. The van der Waals surface area contributed by atoms with Gasteiger partial charge in [0.25, 0.3) is 0 Å². The lowest BCUT2D eigenvalue weighted by Crippen LogP contribution is -2.23. The summed E-state index contributed by atoms with van der Waals surface area (Å²) in [6.45, 7) is 3.49. The van der Waals surface area contributed by atoms with Crippen LogP contribution in [0, 0.1) is 5.82 Å². The van der Waals surface area contributed by atoms with Crippen molar-refractivity contribution >= 4 is 0 Å². The molecule has 0 atom stereocenters. The molecule has 0 radical (unpaired) electrons. The SMILES string of the molecule is CC(C)(c1cccc(-c2ccc(F)c(C(F)(F)F)n2)n1)c1cccc(-n2ccc(C(F)(F)F)n2)n1. The molecule has 4 rings (SSSR count). The summed E-state index contributed by atoms with van der Waals surface area (Å²) in [4.78, 5) is 12.2. The quantitative estimate of drug-likeness (QED) is 0.315. The fourth-order valence-corrected chi connectivity index (χ4v) is 3.34. The molecule has 0 N–H and O–H groups in total. The zero-order valence-corrected chi connectivity index (χ0v) is 18.2. The maximum absolute atomic E-state index is 13.6. The summed E-state index contributed by atoms with van der Waals surface area (Å²) < 4.78 is 92.6. The van der Waals surface area contributed by atoms with Gasteiger partial charge < -0.3 is 0 Å². The molecule has 0 aliphatic heterocycles. The number of rotatable bonds is 4. The number of nitrogens with zero attached hydrogens (tertiary/aromatic N) is 5. The third-order valence-corrected chi connectivity index (χ3v) is 5.26. The molecule has 0 unspecified atom stereocenters. The summed E-state index contributed by atoms with van der Waals surface area (Å²) in [6.07, 6.45) is -8.44. The molecule has 0 amide bonds. The molecule has 0 aromatic carbocycles. The van der Waals surface area contributed by atoms with Crippen molar-refractivity contribution in [1.29, 1.82) is 0 Å². The predicted octanol–water partition coefficient (Wildman–Crippen LogP) is 6.23. The second kappa shape index (κ2) is 8.43. The minimum atomic E-state index is -4.97. The highest BCUT2D eigenvalue weighted by atomic mass is 19.4. The number of hydrogen-bond acceptors (Lipinski definition) is 4. The van der Waals surface area contributed by atoms with E-state index in [2.05, 4.69) is 20.1 Å². The van der Waals surface area contributed by atoms with Gasteiger partial charge in [0, 0.05) is 11.6 Å². The van der Waals surface area contributed by atoms with Gasteiger partial charge in [-0.25, -0.2) is 19.0 Å². The van der Waals surface area contributed by atoms with Crippen LogP contribution in [0.2, 0.25) is 0 Å². The maximum atomic E-state index is 13.6. The molecular formula is C23H16F7N5. The first-order valence-corrected chi connectivity index (χ1v) is 10.1. The van der Waals surface area contributed by atoms with Crippen molar-refractivity contribution in [3.8, 4) is 17.2 Å². The molecule has 35 heavy (non-hydrogen) atoms. The molecule has 0 bridgehead atoms. The molecular weight excluding hydrogens is 479 g/mol. The number of hydrogen-bond donors (Lipinski definition) is 0. The second-order valence-electron chi connectivity index (χ2n) is 8.08. The van der Waals surface area contributed by atoms with Gasteiger partial charge in [-0.2, -0.15) is 31.4 Å². The minimum Gasteiger partial charge on any atom is -0.250 e. The molecule has 0 spiro atoms. The number of halogens is 7. The lowest BCUT2D eigenvalue weighted by Gasteiger charge is -2.24. The van der Waals surface area contributed by atoms with Crippen LogP contribution in [0.3, 0.4) is 0 Å². The van der Waals surface area contributed by atoms with E-state index in [0.717, 1.165) is 23.0 Å². The zero-order chi connectivity index (χ0) is 25.6. The van der Waals surface area contributed by atoms with Gasteiger partial charge in [0.2, 0.25) is 0 Å². The molecule has 0 aliphatic carbocycles. The Morgan fingerprint density at radius 3 is 1.91 bits per heavy atom. The van der Waals surface area contributed by atoms with E-state index in [1.165, 1.54) is 12.1 Å². The summed E-state index contributed by atoms with van der Waals surface area (Å²) in [6, 6.07) is 11.9. The van der Waals surface area contributed by atoms with Crippen LogP contribution in [0.25, 0.3) is 17.2 Å². The first-order valence-electron chi connectivity index (χ1n) is 10.1. The van der Waals surface area contributed by atoms with Crippen LogP contribution < -0.4 is 0 Å². The van der Waals surface area contributed by atoms with Gasteiger partial charge in [-0.3, -0.25) is 4.98 Å². The van der Waals surface area contributed by atoms with Crippen molar-refractivity contribution in [2.24, 2.45) is 0 Å². The van der Waals surface area contributed by atoms with Gasteiger partial charge in [-0.05, 0) is 56.3 Å². The van der Waals surface area contributed by atoms with E-state index in [-0.39, 0.29) is 17.2 Å². The average molecular weight is 495 g/mol. The fraction of sp³-hybridized carbons (Fsp3) is 0.217. The van der Waals surface area contributed by atoms with Crippen LogP contribution >= 0.6 is 0 Å². The van der Waals surface area contributed by atoms with Gasteiger partial charge in [0.05, 0.1) is 22.8 Å². The summed E-state index contributed by atoms with van der Waals surface area (Å²) in [7, 11) is 0. The minimum absolute atomic E-state index is 0.0825. The van der Waals surface area contributed by atoms with Crippen LogP contribution in [-0.2, 0) is 17.8 Å². The van der Waals surface area contributed by atoms with Crippen molar-refractivity contribution < 1.29 is 30.7 Å². The highest BCUT2D eigenvalue weighted by molar-refractivity contribution is 5.55. The van der Waals surface area contributed by atoms with Gasteiger partial charge in [0.1, 0.15) is 0 Å². The second-order valence-corrected chi connectivity index (χ2v) is 8.08. The Bertz CT molecular complexity index is 1370. The summed E-state index contributed by atoms with van der Waals surface area (Å²) in [5.74, 6) is -1.36. The summed E-state index contributed by atoms with van der Waals surface area (Å²) >= 11 is 0. The van der Waals surface area contributed by atoms with Crippen LogP contribution in [0.1, 0.15) is 36.6 Å². The van der Waals surface area contributed by atoms with E-state index in [1.807, 2.05) is 0 Å². The monoisotopic (exact) mass is 495 g/mol. The summed E-state index contributed by atoms with van der Waals surface area (Å²) in [5, 5.41) is 3.52. The Kier molecular flexibility index (Phi) is 5.86. The van der Waals surface area contributed by atoms with Crippen molar-refractivity contribution in [1.82, 2.24) is 24.7 Å². The van der Waals surface area contributed by atoms with Crippen LogP contribution in [0.5, 0.6) is 0 Å². The van der Waals surface area contributed by atoms with Gasteiger partial charge in [0.15, 0.2) is 23.0 Å². The molecule has 5 nitrogen and oxygen atoms in total. The van der Waals surface area contributed by atoms with Crippen molar-refractivity contribution in [2.75, 3.05) is 0 Å². The smallest absolute Gasteiger partial charge is 0.250 e. The van der Waals surface area contributed by atoms with E-state index in [9.17, 15) is 30.7 Å². The third kappa shape index (κ3) is 4.86. The normalized spacial score (nSPS) is 12.7. The largest absolute Gasteiger partial charge is 0.436 e. The van der Waals surface area contributed by atoms with Crippen LogP contribution in [-0.4, -0.2) is 24.7 Å². The van der Waals surface area contributed by atoms with Crippen LogP contribution in [0.4, 0.5) is 30.7 Å². The number of aromatic nitrogens is 5. The zero-order valence-electron chi connectivity index (χ0n) is 18.2. The Balaban J connectivity index is 1.71. The van der Waals surface area contributed by atoms with E-state index in [0.29, 0.717) is 17.5 Å². The lowest BCUT2D eigenvalue weighted by molar-refractivity contribution is -0.143. The van der Waals surface area contributed by atoms with E-state index in [4.69, 9.17) is 0 Å². The van der Waals surface area contributed by atoms with Gasteiger partial charge in [-0.15, -0.1) is 0 Å². The Labute approximate surface area is 194 Å². The Hall–Kier alpha value is -3.83. The Morgan fingerprint density at radius 2 is 1.29 bits per heavy atom. The van der Waals surface area contributed by atoms with E-state index in [1.54, 1.807) is 38.1 Å². The molecule has 0 fully saturated rings. The third-order valence-electron chi connectivity index (χ3n) is 5.26. The van der Waals surface area contributed by atoms with Crippen LogP contribution in [0.15, 0.2) is 60.8 Å². The van der Waals surface area contributed by atoms with E-state index >= 15 is 0 Å². The maximum Gasteiger partial charge on any atom is 0.436 e. The molecule has 0 aliphatic rings. The number of alkyl halides is 6. The van der Waals surface area contributed by atoms with Crippen molar-refractivity contribution in [3.63, 3.8) is 0 Å². The predicted molar refractivity (Wildman–Crippen MR) is 111 cm³/mol. The topological polar surface area (TPSA) is 56.5 Å². The summed E-state index contributed by atoms with van der Waals surface area (Å²) in [5.41, 5.74) is -2.90. The molecule has 0 saturated carbocycles. The molecule has 0 saturated heterocycles. The van der Waals surface area contributed by atoms with Crippen molar-refractivity contribution in [2.45, 2.75) is 31.6 Å². The highest BCUT2D eigenvalue weighted by Gasteiger charge is 2.37. The van der Waals surface area contributed by atoms with Gasteiger partial charge in [-0.1, -0.05) is 12.1 Å². The standard InChI is InChI=1S/C23H16F7N5/c1-21(2,17-7-4-8-19(33-17)35-12-11-18(34-35)22(25,26)27)16-6-3-5-14(31-16)15-10-9-13(24)20(32-15)23(28,29)30/h3-12H,1-2H3. The molecule has 4 aromatic rings. The average Bonchev–Trinajstić information content (AvgIpc) is 3.30. The van der Waals surface area contributed by atoms with Crippen molar-refractivity contribution in [3.05, 3.63) is 89.4 Å². The first-order chi connectivity index (χ1) is 16.3. The Morgan fingerprint density at radius 1 is 0.657 bits per heavy atom. The molecule has 4 aromatic heterocycles. The highest BCUT2D eigenvalue weighted by Crippen LogP contribution is 2.34. The lowest BCUT2D eigenvalue weighted by atomic mass is 9.84. The fourth-order valence-electron chi connectivity index (χ4n) is 3.34. The molecule has 182 valence electrons. The molecule has 4 heterocycles. The number of pyridine rings is 3. The van der Waals surface area contributed by atoms with E-state index < -0.39 is 35.0 Å². The first kappa shape index (κ1) is 24.3.